The van der Waals surface area contributed by atoms with Crippen molar-refractivity contribution in [3.8, 4) is 5.75 Å². The molecule has 0 spiro atoms. The van der Waals surface area contributed by atoms with Gasteiger partial charge in [-0.25, -0.2) is 4.98 Å². The third-order valence-electron chi connectivity index (χ3n) is 1.63. The monoisotopic (exact) mass is 165 g/mol. The van der Waals surface area contributed by atoms with E-state index in [-0.39, 0.29) is 17.2 Å². The molecular weight excluding hydrogens is 154 g/mol. The molecule has 1 N–H and O–H groups in total. The number of aromatic hydroxyl groups is 1. The minimum absolute atomic E-state index is 0.0419. The number of pyridine rings is 1. The van der Waals surface area contributed by atoms with E-state index in [0.717, 1.165) is 12.1 Å². The maximum atomic E-state index is 10.9. The van der Waals surface area contributed by atoms with Crippen LogP contribution in [0.3, 0.4) is 0 Å². The highest BCUT2D eigenvalue weighted by Gasteiger charge is 2.07. The van der Waals surface area contributed by atoms with Crippen molar-refractivity contribution < 1.29 is 9.90 Å². The Morgan fingerprint density at radius 3 is 2.75 bits per heavy atom. The van der Waals surface area contributed by atoms with E-state index >= 15 is 0 Å². The number of Topliss-reactive ketones (excluding diaryl/α,β-unsaturated/α-hetero) is 1. The van der Waals surface area contributed by atoms with Gasteiger partial charge in [-0.05, 0) is 18.6 Å². The quantitative estimate of drug-likeness (QED) is 0.676. The van der Waals surface area contributed by atoms with E-state index in [0.29, 0.717) is 0 Å². The molecule has 64 valence electrons. The van der Waals surface area contributed by atoms with Gasteiger partial charge in [-0.2, -0.15) is 0 Å². The Kier molecular flexibility index (Phi) is 2.43. The van der Waals surface area contributed by atoms with Crippen LogP contribution in [0.1, 0.15) is 30.0 Å². The van der Waals surface area contributed by atoms with Crippen LogP contribution in [0.15, 0.2) is 12.1 Å². The number of hydrogen-bond acceptors (Lipinski definition) is 3. The molecule has 1 rings (SSSR count). The number of aromatic nitrogens is 1. The molecule has 0 bridgehead atoms. The topological polar surface area (TPSA) is 50.2 Å². The Morgan fingerprint density at radius 1 is 1.58 bits per heavy atom. The van der Waals surface area contributed by atoms with Crippen LogP contribution in [0.5, 0.6) is 5.75 Å². The molecule has 0 aromatic carbocycles. The number of hydrogen-bond donors (Lipinski definition) is 1. The van der Waals surface area contributed by atoms with Gasteiger partial charge >= 0.3 is 0 Å². The van der Waals surface area contributed by atoms with Crippen molar-refractivity contribution in [3.63, 3.8) is 0 Å². The summed E-state index contributed by atoms with van der Waals surface area (Å²) in [5, 5.41) is 9.22. The average Bonchev–Trinajstić information content (AvgIpc) is 2.05. The summed E-state index contributed by atoms with van der Waals surface area (Å²) in [6.45, 7) is 3.34. The lowest BCUT2D eigenvalue weighted by Crippen LogP contribution is -1.99. The first-order valence-electron chi connectivity index (χ1n) is 3.85. The Bertz CT molecular complexity index is 307. The van der Waals surface area contributed by atoms with E-state index in [1.165, 1.54) is 13.0 Å². The van der Waals surface area contributed by atoms with Gasteiger partial charge in [0.25, 0.3) is 0 Å². The number of carbonyl (C=O) groups excluding carboxylic acids is 1. The van der Waals surface area contributed by atoms with Crippen molar-refractivity contribution in [1.82, 2.24) is 4.98 Å². The summed E-state index contributed by atoms with van der Waals surface area (Å²) >= 11 is 0. The minimum Gasteiger partial charge on any atom is -0.506 e. The van der Waals surface area contributed by atoms with Gasteiger partial charge in [0.05, 0.1) is 0 Å². The maximum Gasteiger partial charge on any atom is 0.181 e. The molecule has 0 radical (unpaired) electrons. The van der Waals surface area contributed by atoms with Crippen LogP contribution in [0.2, 0.25) is 0 Å². The van der Waals surface area contributed by atoms with E-state index in [2.05, 4.69) is 4.98 Å². The fourth-order valence-electron chi connectivity index (χ4n) is 0.948. The predicted molar refractivity (Wildman–Crippen MR) is 45.3 cm³/mol. The first-order valence-corrected chi connectivity index (χ1v) is 3.85. The fraction of sp³-hybridized carbons (Fsp3) is 0.333. The van der Waals surface area contributed by atoms with Gasteiger partial charge in [0, 0.05) is 12.6 Å². The highest BCUT2D eigenvalue weighted by Crippen LogP contribution is 2.15. The van der Waals surface area contributed by atoms with E-state index in [1.54, 1.807) is 6.07 Å². The first kappa shape index (κ1) is 8.71. The highest BCUT2D eigenvalue weighted by molar-refractivity contribution is 5.94. The first-order chi connectivity index (χ1) is 5.65. The number of nitrogens with zero attached hydrogens (tertiary/aromatic N) is 1. The van der Waals surface area contributed by atoms with Crippen molar-refractivity contribution in [2.24, 2.45) is 0 Å². The van der Waals surface area contributed by atoms with Crippen LogP contribution in [0, 0.1) is 0 Å². The van der Waals surface area contributed by atoms with Gasteiger partial charge in [0.1, 0.15) is 11.4 Å². The SMILES string of the molecule is CCc1ccc(O)c(C(C)=O)n1. The third-order valence-corrected chi connectivity index (χ3v) is 1.63. The Balaban J connectivity index is 3.17. The van der Waals surface area contributed by atoms with Gasteiger partial charge in [0.15, 0.2) is 5.78 Å². The minimum atomic E-state index is -0.206. The highest BCUT2D eigenvalue weighted by atomic mass is 16.3. The summed E-state index contributed by atoms with van der Waals surface area (Å²) in [5.41, 5.74) is 0.979. The summed E-state index contributed by atoms with van der Waals surface area (Å²) in [4.78, 5) is 14.9. The van der Waals surface area contributed by atoms with Crippen LogP contribution in [-0.2, 0) is 6.42 Å². The lowest BCUT2D eigenvalue weighted by atomic mass is 10.2. The lowest BCUT2D eigenvalue weighted by Gasteiger charge is -2.01. The van der Waals surface area contributed by atoms with Crippen LogP contribution < -0.4 is 0 Å². The summed E-state index contributed by atoms with van der Waals surface area (Å²) in [7, 11) is 0. The molecule has 0 unspecified atom stereocenters. The largest absolute Gasteiger partial charge is 0.506 e. The third kappa shape index (κ3) is 1.61. The molecule has 1 heterocycles. The van der Waals surface area contributed by atoms with Gasteiger partial charge in [-0.15, -0.1) is 0 Å². The second-order valence-electron chi connectivity index (χ2n) is 2.58. The number of ketones is 1. The molecule has 0 atom stereocenters. The molecule has 1 aromatic rings. The molecule has 0 saturated heterocycles. The second-order valence-corrected chi connectivity index (χ2v) is 2.58. The van der Waals surface area contributed by atoms with E-state index in [1.807, 2.05) is 6.92 Å². The van der Waals surface area contributed by atoms with Gasteiger partial charge in [-0.1, -0.05) is 6.92 Å². The Labute approximate surface area is 71.1 Å². The number of aryl methyl sites for hydroxylation is 1. The van der Waals surface area contributed by atoms with Crippen molar-refractivity contribution in [2.75, 3.05) is 0 Å². The van der Waals surface area contributed by atoms with E-state index in [4.69, 9.17) is 0 Å². The Hall–Kier alpha value is -1.38. The summed E-state index contributed by atoms with van der Waals surface area (Å²) in [6.07, 6.45) is 0.764. The fourth-order valence-corrected chi connectivity index (χ4v) is 0.948. The Morgan fingerprint density at radius 2 is 2.25 bits per heavy atom. The lowest BCUT2D eigenvalue weighted by molar-refractivity contribution is 0.101. The van der Waals surface area contributed by atoms with E-state index in [9.17, 15) is 9.90 Å². The molecule has 0 fully saturated rings. The van der Waals surface area contributed by atoms with Crippen LogP contribution in [0.25, 0.3) is 0 Å². The number of rotatable bonds is 2. The van der Waals surface area contributed by atoms with Gasteiger partial charge in [-0.3, -0.25) is 4.79 Å². The molecule has 0 amide bonds. The van der Waals surface area contributed by atoms with Crippen LogP contribution >= 0.6 is 0 Å². The molecule has 3 nitrogen and oxygen atoms in total. The molecule has 0 aliphatic rings. The molecule has 12 heavy (non-hydrogen) atoms. The normalized spacial score (nSPS) is 9.83. The molecule has 0 aliphatic carbocycles. The molecular formula is C9H11NO2. The van der Waals surface area contributed by atoms with Crippen molar-refractivity contribution in [3.05, 3.63) is 23.5 Å². The van der Waals surface area contributed by atoms with Crippen molar-refractivity contribution in [1.29, 1.82) is 0 Å². The molecule has 3 heteroatoms. The summed E-state index contributed by atoms with van der Waals surface area (Å²) < 4.78 is 0. The molecule has 0 saturated carbocycles. The average molecular weight is 165 g/mol. The van der Waals surface area contributed by atoms with Crippen LogP contribution in [-0.4, -0.2) is 15.9 Å². The van der Waals surface area contributed by atoms with E-state index < -0.39 is 0 Å². The van der Waals surface area contributed by atoms with Crippen molar-refractivity contribution >= 4 is 5.78 Å². The smallest absolute Gasteiger partial charge is 0.181 e. The zero-order chi connectivity index (χ0) is 9.14. The maximum absolute atomic E-state index is 10.9. The van der Waals surface area contributed by atoms with Gasteiger partial charge < -0.3 is 5.11 Å². The summed E-state index contributed by atoms with van der Waals surface area (Å²) in [6, 6.07) is 3.21. The summed E-state index contributed by atoms with van der Waals surface area (Å²) in [5.74, 6) is -0.248. The molecule has 0 aliphatic heterocycles. The van der Waals surface area contributed by atoms with Crippen LogP contribution in [0.4, 0.5) is 0 Å². The van der Waals surface area contributed by atoms with Gasteiger partial charge in [0.2, 0.25) is 0 Å². The number of carbonyl (C=O) groups is 1. The predicted octanol–water partition coefficient (Wildman–Crippen LogP) is 1.55. The standard InChI is InChI=1S/C9H11NO2/c1-3-7-4-5-8(12)9(10-7)6(2)11/h4-5,12H,3H2,1-2H3. The second kappa shape index (κ2) is 3.34. The zero-order valence-corrected chi connectivity index (χ0v) is 7.16. The molecule has 1 aromatic heterocycles. The zero-order valence-electron chi connectivity index (χ0n) is 7.16. The van der Waals surface area contributed by atoms with Crippen molar-refractivity contribution in [2.45, 2.75) is 20.3 Å².